The standard InChI is InChI=1S/C13H26S3.Na/c1-3-4-5-6-7-8-9-10-11-12(2)16-13(14)15;/h12H,3-11H2,1-2H3,(H,14,15);/q;+1/p-1. The van der Waals surface area contributed by atoms with E-state index in [9.17, 15) is 0 Å². The van der Waals surface area contributed by atoms with Crippen molar-refractivity contribution in [3.05, 3.63) is 0 Å². The molecule has 0 amide bonds. The molecule has 96 valence electrons. The molecule has 0 radical (unpaired) electrons. The minimum atomic E-state index is 0. The van der Waals surface area contributed by atoms with E-state index in [1.807, 2.05) is 0 Å². The fourth-order valence-corrected chi connectivity index (χ4v) is 3.39. The quantitative estimate of drug-likeness (QED) is 0.263. The van der Waals surface area contributed by atoms with Crippen molar-refractivity contribution in [2.24, 2.45) is 0 Å². The summed E-state index contributed by atoms with van der Waals surface area (Å²) in [6.45, 7) is 4.49. The van der Waals surface area contributed by atoms with Gasteiger partial charge in [-0.2, -0.15) is 0 Å². The van der Waals surface area contributed by atoms with Gasteiger partial charge in [-0.3, -0.25) is 0 Å². The van der Waals surface area contributed by atoms with Crippen LogP contribution in [0.1, 0.15) is 71.6 Å². The Bertz CT molecular complexity index is 174. The Kier molecular flexibility index (Phi) is 19.4. The molecule has 0 spiro atoms. The van der Waals surface area contributed by atoms with Gasteiger partial charge in [0.05, 0.1) is 0 Å². The first kappa shape index (κ1) is 21.0. The molecule has 0 bridgehead atoms. The van der Waals surface area contributed by atoms with E-state index in [0.29, 0.717) is 8.78 Å². The van der Waals surface area contributed by atoms with Crippen LogP contribution in [-0.2, 0) is 12.6 Å². The fourth-order valence-electron chi connectivity index (χ4n) is 1.79. The maximum absolute atomic E-state index is 4.91. The van der Waals surface area contributed by atoms with Crippen LogP contribution in [0.2, 0.25) is 0 Å². The van der Waals surface area contributed by atoms with Crippen LogP contribution in [0, 0.1) is 0 Å². The van der Waals surface area contributed by atoms with Crippen LogP contribution in [0.15, 0.2) is 0 Å². The third-order valence-electron chi connectivity index (χ3n) is 2.76. The normalized spacial score (nSPS) is 11.9. The van der Waals surface area contributed by atoms with Crippen molar-refractivity contribution >= 4 is 40.1 Å². The van der Waals surface area contributed by atoms with Gasteiger partial charge in [-0.1, -0.05) is 68.7 Å². The van der Waals surface area contributed by atoms with Crippen molar-refractivity contribution < 1.29 is 29.6 Å². The van der Waals surface area contributed by atoms with Crippen LogP contribution in [-0.4, -0.2) is 8.78 Å². The van der Waals surface area contributed by atoms with E-state index in [-0.39, 0.29) is 29.6 Å². The molecule has 1 atom stereocenters. The van der Waals surface area contributed by atoms with Gasteiger partial charge in [-0.05, 0) is 6.42 Å². The van der Waals surface area contributed by atoms with Crippen LogP contribution in [0.25, 0.3) is 0 Å². The minimum absolute atomic E-state index is 0. The molecular formula is C13H25NaS3. The van der Waals surface area contributed by atoms with Gasteiger partial charge >= 0.3 is 29.6 Å². The molecule has 0 aromatic carbocycles. The van der Waals surface area contributed by atoms with Crippen LogP contribution in [0.3, 0.4) is 0 Å². The van der Waals surface area contributed by atoms with E-state index < -0.39 is 0 Å². The van der Waals surface area contributed by atoms with Crippen molar-refractivity contribution in [3.63, 3.8) is 0 Å². The zero-order valence-electron chi connectivity index (χ0n) is 11.7. The number of thioether (sulfide) groups is 1. The smallest absolute Gasteiger partial charge is 0.422 e. The summed E-state index contributed by atoms with van der Waals surface area (Å²) in [7, 11) is 0. The first-order chi connectivity index (χ1) is 7.66. The van der Waals surface area contributed by atoms with E-state index in [4.69, 9.17) is 24.8 Å². The second-order valence-corrected chi connectivity index (χ2v) is 7.48. The first-order valence-corrected chi connectivity index (χ1v) is 8.24. The summed E-state index contributed by atoms with van der Waals surface area (Å²) in [5.74, 6) is 0. The molecule has 0 heterocycles. The second kappa shape index (κ2) is 15.7. The maximum atomic E-state index is 4.91. The van der Waals surface area contributed by atoms with Gasteiger partial charge in [-0.25, -0.2) is 0 Å². The molecule has 0 rings (SSSR count). The molecule has 0 aromatic heterocycles. The van der Waals surface area contributed by atoms with Crippen LogP contribution in [0.4, 0.5) is 0 Å². The number of thiocarbonyl (C=S) groups is 1. The second-order valence-electron chi connectivity index (χ2n) is 4.44. The maximum Gasteiger partial charge on any atom is 1.00 e. The molecule has 0 saturated heterocycles. The van der Waals surface area contributed by atoms with E-state index in [0.717, 1.165) is 0 Å². The molecule has 17 heavy (non-hydrogen) atoms. The van der Waals surface area contributed by atoms with Crippen LogP contribution in [0.5, 0.6) is 0 Å². The van der Waals surface area contributed by atoms with Crippen molar-refractivity contribution in [2.45, 2.75) is 76.9 Å². The Morgan fingerprint density at radius 2 is 1.53 bits per heavy atom. The summed E-state index contributed by atoms with van der Waals surface area (Å²) >= 11 is 11.5. The van der Waals surface area contributed by atoms with Crippen molar-refractivity contribution in [3.8, 4) is 0 Å². The van der Waals surface area contributed by atoms with E-state index in [2.05, 4.69) is 13.8 Å². The van der Waals surface area contributed by atoms with Crippen molar-refractivity contribution in [1.82, 2.24) is 0 Å². The predicted molar refractivity (Wildman–Crippen MR) is 84.2 cm³/mol. The number of hydrogen-bond acceptors (Lipinski definition) is 3. The predicted octanol–water partition coefficient (Wildman–Crippen LogP) is 2.47. The number of unbranched alkanes of at least 4 members (excludes halogenated alkanes) is 7. The monoisotopic (exact) mass is 300 g/mol. The van der Waals surface area contributed by atoms with E-state index in [1.165, 1.54) is 57.8 Å². The Labute approximate surface area is 145 Å². The molecule has 0 aliphatic rings. The molecule has 0 saturated carbocycles. The minimum Gasteiger partial charge on any atom is -0.422 e. The fraction of sp³-hybridized carbons (Fsp3) is 0.923. The van der Waals surface area contributed by atoms with Crippen LogP contribution >= 0.6 is 24.0 Å². The molecule has 1 unspecified atom stereocenters. The third-order valence-corrected chi connectivity index (χ3v) is 4.17. The molecule has 0 nitrogen and oxygen atoms in total. The van der Waals surface area contributed by atoms with Gasteiger partial charge in [0.15, 0.2) is 0 Å². The average Bonchev–Trinajstić information content (AvgIpc) is 2.21. The molecule has 0 aromatic rings. The number of hydrogen-bond donors (Lipinski definition) is 0. The van der Waals surface area contributed by atoms with Gasteiger partial charge in [0, 0.05) is 5.25 Å². The van der Waals surface area contributed by atoms with Gasteiger partial charge in [0.2, 0.25) is 0 Å². The Hall–Kier alpha value is 1.66. The van der Waals surface area contributed by atoms with Crippen LogP contribution < -0.4 is 29.6 Å². The Morgan fingerprint density at radius 3 is 2.00 bits per heavy atom. The average molecular weight is 301 g/mol. The van der Waals surface area contributed by atoms with E-state index in [1.54, 1.807) is 11.8 Å². The number of rotatable bonds is 10. The SMILES string of the molecule is CCCCCCCCCCC(C)SC(=S)[S-].[Na+]. The van der Waals surface area contributed by atoms with Gasteiger partial charge in [0.1, 0.15) is 0 Å². The Balaban J connectivity index is 0. The zero-order valence-corrected chi connectivity index (χ0v) is 16.1. The molecule has 0 aliphatic carbocycles. The molecule has 0 aliphatic heterocycles. The molecule has 0 fully saturated rings. The molecule has 0 N–H and O–H groups in total. The first-order valence-electron chi connectivity index (χ1n) is 6.54. The van der Waals surface area contributed by atoms with Gasteiger partial charge in [-0.15, -0.1) is 11.8 Å². The van der Waals surface area contributed by atoms with E-state index >= 15 is 0 Å². The zero-order chi connectivity index (χ0) is 12.2. The van der Waals surface area contributed by atoms with Gasteiger partial charge < -0.3 is 24.8 Å². The summed E-state index contributed by atoms with van der Waals surface area (Å²) < 4.78 is 0.673. The summed E-state index contributed by atoms with van der Waals surface area (Å²) in [5, 5.41) is 0.616. The topological polar surface area (TPSA) is 0 Å². The van der Waals surface area contributed by atoms with Crippen molar-refractivity contribution in [2.75, 3.05) is 0 Å². The van der Waals surface area contributed by atoms with Crippen molar-refractivity contribution in [1.29, 1.82) is 0 Å². The molecular weight excluding hydrogens is 275 g/mol. The summed E-state index contributed by atoms with van der Waals surface area (Å²) in [6, 6.07) is 0. The third kappa shape index (κ3) is 17.7. The summed E-state index contributed by atoms with van der Waals surface area (Å²) in [4.78, 5) is 0. The Morgan fingerprint density at radius 1 is 1.06 bits per heavy atom. The van der Waals surface area contributed by atoms with Gasteiger partial charge in [0.25, 0.3) is 0 Å². The largest absolute Gasteiger partial charge is 1.00 e. The summed E-state index contributed by atoms with van der Waals surface area (Å²) in [6.07, 6.45) is 12.4. The summed E-state index contributed by atoms with van der Waals surface area (Å²) in [5.41, 5.74) is 0. The molecule has 4 heteroatoms.